The number of benzene rings is 1. The SMILES string of the molecule is CC(C)Oc1cc(N)cc(NC(C)C2CC2)c1. The van der Waals surface area contributed by atoms with Crippen LogP contribution in [-0.4, -0.2) is 12.1 Å². The van der Waals surface area contributed by atoms with Gasteiger partial charge < -0.3 is 15.8 Å². The Hall–Kier alpha value is -1.38. The molecule has 17 heavy (non-hydrogen) atoms. The molecule has 0 aliphatic heterocycles. The maximum atomic E-state index is 5.88. The van der Waals surface area contributed by atoms with Crippen LogP contribution in [0.3, 0.4) is 0 Å². The van der Waals surface area contributed by atoms with Crippen molar-refractivity contribution in [3.63, 3.8) is 0 Å². The number of hydrogen-bond donors (Lipinski definition) is 2. The molecule has 1 aromatic carbocycles. The normalized spacial score (nSPS) is 16.9. The largest absolute Gasteiger partial charge is 0.491 e. The summed E-state index contributed by atoms with van der Waals surface area (Å²) in [6.07, 6.45) is 2.85. The predicted octanol–water partition coefficient (Wildman–Crippen LogP) is 3.27. The second-order valence-corrected chi connectivity index (χ2v) is 5.23. The van der Waals surface area contributed by atoms with Crippen LogP contribution in [0.1, 0.15) is 33.6 Å². The molecule has 1 atom stereocenters. The Balaban J connectivity index is 2.07. The maximum Gasteiger partial charge on any atom is 0.123 e. The van der Waals surface area contributed by atoms with E-state index in [0.717, 1.165) is 23.0 Å². The third kappa shape index (κ3) is 3.55. The molecular formula is C14H22N2O. The van der Waals surface area contributed by atoms with E-state index in [1.807, 2.05) is 32.0 Å². The fraction of sp³-hybridized carbons (Fsp3) is 0.571. The van der Waals surface area contributed by atoms with E-state index in [1.165, 1.54) is 12.8 Å². The molecule has 1 saturated carbocycles. The molecule has 3 heteroatoms. The van der Waals surface area contributed by atoms with Crippen LogP contribution < -0.4 is 15.8 Å². The van der Waals surface area contributed by atoms with Crippen LogP contribution in [0.15, 0.2) is 18.2 Å². The van der Waals surface area contributed by atoms with Crippen molar-refractivity contribution in [3.8, 4) is 5.75 Å². The first-order valence-corrected chi connectivity index (χ1v) is 6.38. The molecule has 0 amide bonds. The molecule has 0 aromatic heterocycles. The summed E-state index contributed by atoms with van der Waals surface area (Å²) in [5, 5.41) is 3.50. The van der Waals surface area contributed by atoms with Gasteiger partial charge in [0.05, 0.1) is 6.10 Å². The summed E-state index contributed by atoms with van der Waals surface area (Å²) in [6, 6.07) is 6.37. The summed E-state index contributed by atoms with van der Waals surface area (Å²) in [7, 11) is 0. The van der Waals surface area contributed by atoms with Crippen LogP contribution in [-0.2, 0) is 0 Å². The van der Waals surface area contributed by atoms with E-state index in [1.54, 1.807) is 0 Å². The highest BCUT2D eigenvalue weighted by atomic mass is 16.5. The number of nitrogens with one attached hydrogen (secondary N) is 1. The maximum absolute atomic E-state index is 5.88. The van der Waals surface area contributed by atoms with Crippen molar-refractivity contribution in [2.75, 3.05) is 11.1 Å². The second kappa shape index (κ2) is 4.86. The van der Waals surface area contributed by atoms with E-state index in [-0.39, 0.29) is 6.10 Å². The number of nitrogen functional groups attached to an aromatic ring is 1. The lowest BCUT2D eigenvalue weighted by atomic mass is 10.2. The molecule has 0 heterocycles. The van der Waals surface area contributed by atoms with Gasteiger partial charge in [-0.25, -0.2) is 0 Å². The molecular weight excluding hydrogens is 212 g/mol. The van der Waals surface area contributed by atoms with Crippen molar-refractivity contribution in [2.24, 2.45) is 5.92 Å². The lowest BCUT2D eigenvalue weighted by molar-refractivity contribution is 0.242. The van der Waals surface area contributed by atoms with Gasteiger partial charge in [-0.2, -0.15) is 0 Å². The van der Waals surface area contributed by atoms with Gasteiger partial charge in [-0.05, 0) is 45.6 Å². The minimum Gasteiger partial charge on any atom is -0.491 e. The number of rotatable bonds is 5. The minimum absolute atomic E-state index is 0.172. The Bertz CT molecular complexity index is 386. The Labute approximate surface area is 103 Å². The lowest BCUT2D eigenvalue weighted by Gasteiger charge is -2.17. The van der Waals surface area contributed by atoms with Crippen molar-refractivity contribution in [1.29, 1.82) is 0 Å². The summed E-state index contributed by atoms with van der Waals surface area (Å²) in [4.78, 5) is 0. The van der Waals surface area contributed by atoms with Crippen molar-refractivity contribution in [3.05, 3.63) is 18.2 Å². The van der Waals surface area contributed by atoms with E-state index in [9.17, 15) is 0 Å². The standard InChI is InChI=1S/C14H22N2O/c1-9(2)17-14-7-12(15)6-13(8-14)16-10(3)11-4-5-11/h6-11,16H,4-5,15H2,1-3H3. The Kier molecular flexibility index (Phi) is 3.46. The van der Waals surface area contributed by atoms with E-state index < -0.39 is 0 Å². The Morgan fingerprint density at radius 1 is 1.24 bits per heavy atom. The predicted molar refractivity (Wildman–Crippen MR) is 72.4 cm³/mol. The molecule has 1 aromatic rings. The van der Waals surface area contributed by atoms with E-state index in [4.69, 9.17) is 10.5 Å². The number of ether oxygens (including phenoxy) is 1. The smallest absolute Gasteiger partial charge is 0.123 e. The quantitative estimate of drug-likeness (QED) is 0.769. The van der Waals surface area contributed by atoms with Gasteiger partial charge in [0.25, 0.3) is 0 Å². The van der Waals surface area contributed by atoms with Crippen molar-refractivity contribution >= 4 is 11.4 Å². The van der Waals surface area contributed by atoms with Gasteiger partial charge >= 0.3 is 0 Å². The molecule has 1 unspecified atom stereocenters. The van der Waals surface area contributed by atoms with Gasteiger partial charge in [-0.15, -0.1) is 0 Å². The van der Waals surface area contributed by atoms with Gasteiger partial charge in [0, 0.05) is 29.5 Å². The van der Waals surface area contributed by atoms with E-state index in [2.05, 4.69) is 12.2 Å². The summed E-state index contributed by atoms with van der Waals surface area (Å²) >= 11 is 0. The molecule has 1 fully saturated rings. The van der Waals surface area contributed by atoms with Gasteiger partial charge in [0.2, 0.25) is 0 Å². The van der Waals surface area contributed by atoms with Crippen LogP contribution in [0.25, 0.3) is 0 Å². The molecule has 3 nitrogen and oxygen atoms in total. The highest BCUT2D eigenvalue weighted by Crippen LogP contribution is 2.34. The highest BCUT2D eigenvalue weighted by Gasteiger charge is 2.27. The molecule has 0 radical (unpaired) electrons. The van der Waals surface area contributed by atoms with E-state index in [0.29, 0.717) is 6.04 Å². The highest BCUT2D eigenvalue weighted by molar-refractivity contribution is 5.59. The van der Waals surface area contributed by atoms with Gasteiger partial charge in [-0.1, -0.05) is 0 Å². The third-order valence-electron chi connectivity index (χ3n) is 3.02. The molecule has 0 spiro atoms. The summed E-state index contributed by atoms with van der Waals surface area (Å²) < 4.78 is 5.67. The zero-order valence-corrected chi connectivity index (χ0v) is 10.9. The van der Waals surface area contributed by atoms with Gasteiger partial charge in [0.1, 0.15) is 5.75 Å². The van der Waals surface area contributed by atoms with Crippen LogP contribution in [0.4, 0.5) is 11.4 Å². The Morgan fingerprint density at radius 2 is 1.94 bits per heavy atom. The number of hydrogen-bond acceptors (Lipinski definition) is 3. The van der Waals surface area contributed by atoms with E-state index >= 15 is 0 Å². The average Bonchev–Trinajstić information content (AvgIpc) is 2.97. The first-order valence-electron chi connectivity index (χ1n) is 6.38. The Morgan fingerprint density at radius 3 is 2.53 bits per heavy atom. The molecule has 2 rings (SSSR count). The summed E-state index contributed by atoms with van der Waals surface area (Å²) in [5.41, 5.74) is 7.68. The molecule has 3 N–H and O–H groups in total. The van der Waals surface area contributed by atoms with Crippen molar-refractivity contribution in [1.82, 2.24) is 0 Å². The van der Waals surface area contributed by atoms with Gasteiger partial charge in [0.15, 0.2) is 0 Å². The summed E-state index contributed by atoms with van der Waals surface area (Å²) in [5.74, 6) is 1.66. The van der Waals surface area contributed by atoms with Crippen molar-refractivity contribution in [2.45, 2.75) is 45.8 Å². The first-order chi connectivity index (χ1) is 8.04. The van der Waals surface area contributed by atoms with Crippen LogP contribution in [0, 0.1) is 5.92 Å². The molecule has 94 valence electrons. The number of nitrogens with two attached hydrogens (primary N) is 1. The average molecular weight is 234 g/mol. The molecule has 1 aliphatic carbocycles. The molecule has 0 bridgehead atoms. The fourth-order valence-corrected chi connectivity index (χ4v) is 2.02. The first kappa shape index (κ1) is 12.1. The van der Waals surface area contributed by atoms with Crippen LogP contribution in [0.5, 0.6) is 5.75 Å². The zero-order chi connectivity index (χ0) is 12.4. The molecule has 0 saturated heterocycles. The van der Waals surface area contributed by atoms with Gasteiger partial charge in [-0.3, -0.25) is 0 Å². The lowest BCUT2D eigenvalue weighted by Crippen LogP contribution is -2.17. The second-order valence-electron chi connectivity index (χ2n) is 5.23. The monoisotopic (exact) mass is 234 g/mol. The minimum atomic E-state index is 0.172. The zero-order valence-electron chi connectivity index (χ0n) is 10.9. The molecule has 1 aliphatic rings. The third-order valence-corrected chi connectivity index (χ3v) is 3.02. The number of anilines is 2. The van der Waals surface area contributed by atoms with Crippen LogP contribution in [0.2, 0.25) is 0 Å². The topological polar surface area (TPSA) is 47.3 Å². The van der Waals surface area contributed by atoms with Crippen LogP contribution >= 0.6 is 0 Å². The summed E-state index contributed by atoms with van der Waals surface area (Å²) in [6.45, 7) is 6.26. The van der Waals surface area contributed by atoms with Crippen molar-refractivity contribution < 1.29 is 4.74 Å². The fourth-order valence-electron chi connectivity index (χ4n) is 2.02.